The molecule has 0 bridgehead atoms. The van der Waals surface area contributed by atoms with Crippen LogP contribution in [0.1, 0.15) is 67.7 Å². The minimum absolute atomic E-state index is 0.232. The monoisotopic (exact) mass is 243 g/mol. The highest BCUT2D eigenvalue weighted by atomic mass is 16.5. The SMILES string of the molecule is CC(CCCNC(C)(C)C)OCCC(C)(C)C. The van der Waals surface area contributed by atoms with E-state index >= 15 is 0 Å². The largest absolute Gasteiger partial charge is 0.378 e. The van der Waals surface area contributed by atoms with E-state index in [1.165, 1.54) is 6.42 Å². The van der Waals surface area contributed by atoms with E-state index in [-0.39, 0.29) is 5.54 Å². The van der Waals surface area contributed by atoms with Crippen LogP contribution in [0.25, 0.3) is 0 Å². The topological polar surface area (TPSA) is 21.3 Å². The van der Waals surface area contributed by atoms with Crippen LogP contribution in [0.2, 0.25) is 0 Å². The smallest absolute Gasteiger partial charge is 0.0547 e. The van der Waals surface area contributed by atoms with Crippen molar-refractivity contribution in [3.63, 3.8) is 0 Å². The minimum atomic E-state index is 0.232. The normalized spacial score (nSPS) is 15.0. The third-order valence-electron chi connectivity index (χ3n) is 2.70. The first-order chi connectivity index (χ1) is 7.60. The van der Waals surface area contributed by atoms with Gasteiger partial charge in [0, 0.05) is 12.1 Å². The predicted octanol–water partition coefficient (Wildman–Crippen LogP) is 4.00. The van der Waals surface area contributed by atoms with Gasteiger partial charge in [0.25, 0.3) is 0 Å². The third kappa shape index (κ3) is 13.9. The lowest BCUT2D eigenvalue weighted by Crippen LogP contribution is -2.36. The van der Waals surface area contributed by atoms with Crippen LogP contribution >= 0.6 is 0 Å². The van der Waals surface area contributed by atoms with Crippen molar-refractivity contribution in [3.05, 3.63) is 0 Å². The number of rotatable bonds is 7. The molecule has 0 aliphatic rings. The summed E-state index contributed by atoms with van der Waals surface area (Å²) in [5.74, 6) is 0. The maximum absolute atomic E-state index is 5.82. The van der Waals surface area contributed by atoms with Gasteiger partial charge < -0.3 is 10.1 Å². The van der Waals surface area contributed by atoms with Crippen molar-refractivity contribution in [1.29, 1.82) is 0 Å². The van der Waals surface area contributed by atoms with Gasteiger partial charge in [0.1, 0.15) is 0 Å². The van der Waals surface area contributed by atoms with E-state index in [1.807, 2.05) is 0 Å². The Morgan fingerprint density at radius 3 is 2.12 bits per heavy atom. The minimum Gasteiger partial charge on any atom is -0.378 e. The van der Waals surface area contributed by atoms with Crippen LogP contribution in [-0.2, 0) is 4.74 Å². The van der Waals surface area contributed by atoms with Gasteiger partial charge in [-0.3, -0.25) is 0 Å². The lowest BCUT2D eigenvalue weighted by molar-refractivity contribution is 0.0428. The molecule has 104 valence electrons. The summed E-state index contributed by atoms with van der Waals surface area (Å²) in [7, 11) is 0. The Labute approximate surface area is 109 Å². The van der Waals surface area contributed by atoms with Gasteiger partial charge in [-0.15, -0.1) is 0 Å². The molecule has 0 radical (unpaired) electrons. The second-order valence-electron chi connectivity index (χ2n) is 7.31. The highest BCUT2D eigenvalue weighted by Crippen LogP contribution is 2.18. The Bertz CT molecular complexity index is 188. The van der Waals surface area contributed by atoms with Gasteiger partial charge in [0.15, 0.2) is 0 Å². The summed E-state index contributed by atoms with van der Waals surface area (Å²) < 4.78 is 5.82. The maximum atomic E-state index is 5.82. The van der Waals surface area contributed by atoms with Gasteiger partial charge in [-0.05, 0) is 58.9 Å². The number of hydrogen-bond acceptors (Lipinski definition) is 2. The Kier molecular flexibility index (Phi) is 7.34. The van der Waals surface area contributed by atoms with Crippen molar-refractivity contribution >= 4 is 0 Å². The molecule has 0 heterocycles. The fraction of sp³-hybridized carbons (Fsp3) is 1.00. The van der Waals surface area contributed by atoms with Gasteiger partial charge in [-0.2, -0.15) is 0 Å². The molecule has 0 saturated heterocycles. The molecule has 0 spiro atoms. The van der Waals surface area contributed by atoms with Crippen molar-refractivity contribution < 1.29 is 4.74 Å². The molecule has 0 aliphatic carbocycles. The number of ether oxygens (including phenoxy) is 1. The molecule has 0 fully saturated rings. The molecule has 2 heteroatoms. The molecular formula is C15H33NO. The Hall–Kier alpha value is -0.0800. The zero-order valence-electron chi connectivity index (χ0n) is 13.0. The fourth-order valence-electron chi connectivity index (χ4n) is 1.50. The molecule has 0 aromatic carbocycles. The van der Waals surface area contributed by atoms with Crippen LogP contribution in [0.5, 0.6) is 0 Å². The molecule has 0 rings (SSSR count). The molecule has 1 unspecified atom stereocenters. The second-order valence-corrected chi connectivity index (χ2v) is 7.31. The van der Waals surface area contributed by atoms with E-state index in [0.29, 0.717) is 11.5 Å². The average molecular weight is 243 g/mol. The van der Waals surface area contributed by atoms with Crippen LogP contribution in [0, 0.1) is 5.41 Å². The molecular weight excluding hydrogens is 210 g/mol. The van der Waals surface area contributed by atoms with Crippen molar-refractivity contribution in [2.75, 3.05) is 13.2 Å². The molecule has 0 aliphatic heterocycles. The summed E-state index contributed by atoms with van der Waals surface area (Å²) in [5.41, 5.74) is 0.615. The lowest BCUT2D eigenvalue weighted by atomic mass is 9.93. The first-order valence-electron chi connectivity index (χ1n) is 6.97. The summed E-state index contributed by atoms with van der Waals surface area (Å²) in [6.07, 6.45) is 3.86. The van der Waals surface area contributed by atoms with E-state index in [1.54, 1.807) is 0 Å². The van der Waals surface area contributed by atoms with Crippen molar-refractivity contribution in [1.82, 2.24) is 5.32 Å². The van der Waals surface area contributed by atoms with Crippen LogP contribution < -0.4 is 5.32 Å². The molecule has 17 heavy (non-hydrogen) atoms. The van der Waals surface area contributed by atoms with Gasteiger partial charge in [0.2, 0.25) is 0 Å². The van der Waals surface area contributed by atoms with E-state index < -0.39 is 0 Å². The van der Waals surface area contributed by atoms with Gasteiger partial charge in [0.05, 0.1) is 6.10 Å². The van der Waals surface area contributed by atoms with E-state index in [0.717, 1.165) is 26.0 Å². The Morgan fingerprint density at radius 2 is 1.65 bits per heavy atom. The van der Waals surface area contributed by atoms with E-state index in [2.05, 4.69) is 53.8 Å². The lowest BCUT2D eigenvalue weighted by Gasteiger charge is -2.22. The van der Waals surface area contributed by atoms with E-state index in [4.69, 9.17) is 4.74 Å². The van der Waals surface area contributed by atoms with Crippen LogP contribution in [0.4, 0.5) is 0 Å². The average Bonchev–Trinajstić information content (AvgIpc) is 2.09. The maximum Gasteiger partial charge on any atom is 0.0547 e. The molecule has 0 saturated carbocycles. The van der Waals surface area contributed by atoms with Crippen molar-refractivity contribution in [2.24, 2.45) is 5.41 Å². The first kappa shape index (κ1) is 16.9. The molecule has 2 nitrogen and oxygen atoms in total. The summed E-state index contributed by atoms with van der Waals surface area (Å²) >= 11 is 0. The molecule has 1 atom stereocenters. The molecule has 0 aromatic heterocycles. The summed E-state index contributed by atoms with van der Waals surface area (Å²) in [6, 6.07) is 0. The molecule has 0 amide bonds. The first-order valence-corrected chi connectivity index (χ1v) is 6.97. The molecule has 0 aromatic rings. The van der Waals surface area contributed by atoms with Crippen LogP contribution in [0.3, 0.4) is 0 Å². The number of nitrogens with one attached hydrogen (secondary N) is 1. The van der Waals surface area contributed by atoms with Crippen molar-refractivity contribution in [3.8, 4) is 0 Å². The number of hydrogen-bond donors (Lipinski definition) is 1. The third-order valence-corrected chi connectivity index (χ3v) is 2.70. The predicted molar refractivity (Wildman–Crippen MR) is 76.5 cm³/mol. The quantitative estimate of drug-likeness (QED) is 0.683. The highest BCUT2D eigenvalue weighted by molar-refractivity contribution is 4.70. The van der Waals surface area contributed by atoms with Gasteiger partial charge in [-0.25, -0.2) is 0 Å². The summed E-state index contributed by atoms with van der Waals surface area (Å²) in [4.78, 5) is 0. The van der Waals surface area contributed by atoms with Crippen LogP contribution in [0.15, 0.2) is 0 Å². The van der Waals surface area contributed by atoms with Gasteiger partial charge in [-0.1, -0.05) is 20.8 Å². The van der Waals surface area contributed by atoms with Crippen molar-refractivity contribution in [2.45, 2.75) is 79.4 Å². The second kappa shape index (κ2) is 7.38. The Morgan fingerprint density at radius 1 is 1.06 bits per heavy atom. The summed E-state index contributed by atoms with van der Waals surface area (Å²) in [5, 5.41) is 3.50. The van der Waals surface area contributed by atoms with E-state index in [9.17, 15) is 0 Å². The fourth-order valence-corrected chi connectivity index (χ4v) is 1.50. The van der Waals surface area contributed by atoms with Gasteiger partial charge >= 0.3 is 0 Å². The zero-order chi connectivity index (χ0) is 13.5. The Balaban J connectivity index is 3.44. The van der Waals surface area contributed by atoms with Crippen LogP contribution in [-0.4, -0.2) is 24.8 Å². The summed E-state index contributed by atoms with van der Waals surface area (Å²) in [6.45, 7) is 17.5. The zero-order valence-corrected chi connectivity index (χ0v) is 13.0. The molecule has 1 N–H and O–H groups in total. The standard InChI is InChI=1S/C15H33NO/c1-13(17-12-10-14(2,3)4)9-8-11-16-15(5,6)7/h13,16H,8-12H2,1-7H3. The highest BCUT2D eigenvalue weighted by Gasteiger charge is 2.11.